The summed E-state index contributed by atoms with van der Waals surface area (Å²) in [5.41, 5.74) is 10.3. The van der Waals surface area contributed by atoms with Crippen LogP contribution in [0.1, 0.15) is 66.0 Å². The third-order valence-corrected chi connectivity index (χ3v) is 6.47. The van der Waals surface area contributed by atoms with Gasteiger partial charge in [-0.2, -0.15) is 5.57 Å². The van der Waals surface area contributed by atoms with Gasteiger partial charge in [0.2, 0.25) is 0 Å². The fourth-order valence-electron chi connectivity index (χ4n) is 4.96. The molecule has 0 bridgehead atoms. The van der Waals surface area contributed by atoms with Crippen molar-refractivity contribution >= 4 is 0 Å². The van der Waals surface area contributed by atoms with E-state index in [0.717, 1.165) is 12.8 Å². The number of allylic oxidation sites excluding steroid dienone is 4. The Morgan fingerprint density at radius 2 is 1.14 bits per heavy atom. The zero-order valence-electron chi connectivity index (χ0n) is 21.0. The van der Waals surface area contributed by atoms with E-state index in [1.807, 2.05) is 0 Å². The van der Waals surface area contributed by atoms with E-state index in [-0.39, 0.29) is 64.4 Å². The molecule has 0 N–H and O–H groups in total. The van der Waals surface area contributed by atoms with Crippen molar-refractivity contribution in [1.29, 1.82) is 0 Å². The molecule has 0 amide bonds. The molecule has 0 aliphatic heterocycles. The second-order valence-electron chi connectivity index (χ2n) is 9.00. The molecule has 0 saturated heterocycles. The Labute approximate surface area is 245 Å². The first-order valence-electron chi connectivity index (χ1n) is 11.6. The molecule has 4 heteroatoms. The molecular formula is C31H33Cl3Ti. The molecule has 3 aromatic carbocycles. The maximum Gasteiger partial charge on any atom is 4.00 e. The summed E-state index contributed by atoms with van der Waals surface area (Å²) in [6.45, 7) is 8.84. The van der Waals surface area contributed by atoms with Crippen LogP contribution in [0.25, 0.3) is 0 Å². The first kappa shape index (κ1) is 33.7. The molecule has 0 nitrogen and oxygen atoms in total. The minimum absolute atomic E-state index is 0. The molecule has 0 saturated carbocycles. The summed E-state index contributed by atoms with van der Waals surface area (Å²) in [6, 6.07) is 27.2. The average molecular weight is 560 g/mol. The van der Waals surface area contributed by atoms with Crippen LogP contribution in [-0.4, -0.2) is 0 Å². The third kappa shape index (κ3) is 7.15. The van der Waals surface area contributed by atoms with Gasteiger partial charge < -0.3 is 37.2 Å². The molecule has 182 valence electrons. The van der Waals surface area contributed by atoms with Crippen LogP contribution in [0.4, 0.5) is 0 Å². The van der Waals surface area contributed by atoms with Gasteiger partial charge in [0.1, 0.15) is 0 Å². The molecule has 4 rings (SSSR count). The van der Waals surface area contributed by atoms with E-state index in [4.69, 9.17) is 0 Å². The van der Waals surface area contributed by atoms with Crippen LogP contribution in [0, 0.1) is 26.8 Å². The maximum absolute atomic E-state index is 3.90. The standard InChI is InChI=1S/C31H33.3ClH.Ti/c1-5-6-13-26-17-18-30(22-26)31(27-14-7-10-23(2)19-27,28-15-8-11-24(3)20-28)29-16-9-12-25(4)21-29;;;;/h7-12,14-17,19-21H,5-6,13,18H2,1-4H3;3*1H;/q-1;;;;+4/p-3. The molecule has 1 aliphatic carbocycles. The SMILES string of the molecule is CCCCC1=CCC(C(c2cccc(C)c2)(c2cccc(C)c2)c2cccc(C)c2)=[C-]1.[Cl-].[Cl-].[Cl-].[Ti+4]. The minimum Gasteiger partial charge on any atom is -1.00 e. The van der Waals surface area contributed by atoms with Crippen molar-refractivity contribution < 1.29 is 58.9 Å². The number of aryl methyl sites for hydroxylation is 3. The normalized spacial score (nSPS) is 12.2. The van der Waals surface area contributed by atoms with Crippen LogP contribution >= 0.6 is 0 Å². The fraction of sp³-hybridized carbons (Fsp3) is 0.290. The maximum atomic E-state index is 3.90. The number of halogens is 3. The summed E-state index contributed by atoms with van der Waals surface area (Å²) < 4.78 is 0. The van der Waals surface area contributed by atoms with Gasteiger partial charge in [0.25, 0.3) is 0 Å². The zero-order valence-corrected chi connectivity index (χ0v) is 24.8. The number of benzene rings is 3. The first-order chi connectivity index (χ1) is 15.0. The quantitative estimate of drug-likeness (QED) is 0.202. The zero-order chi connectivity index (χ0) is 21.8. The van der Waals surface area contributed by atoms with Crippen molar-refractivity contribution in [2.75, 3.05) is 0 Å². The molecule has 1 aliphatic rings. The molecule has 0 spiro atoms. The van der Waals surface area contributed by atoms with E-state index in [1.54, 1.807) is 0 Å². The summed E-state index contributed by atoms with van der Waals surface area (Å²) in [6.07, 6.45) is 10.8. The van der Waals surface area contributed by atoms with E-state index in [9.17, 15) is 0 Å². The summed E-state index contributed by atoms with van der Waals surface area (Å²) in [5, 5.41) is 0. The molecule has 3 aromatic rings. The monoisotopic (exact) mass is 558 g/mol. The second-order valence-corrected chi connectivity index (χ2v) is 9.00. The van der Waals surface area contributed by atoms with E-state index in [0.29, 0.717) is 0 Å². The summed E-state index contributed by atoms with van der Waals surface area (Å²) in [4.78, 5) is 0. The van der Waals surface area contributed by atoms with Gasteiger partial charge in [-0.15, -0.1) is 0 Å². The predicted octanol–water partition coefficient (Wildman–Crippen LogP) is -0.794. The number of rotatable bonds is 7. The number of hydrogen-bond donors (Lipinski definition) is 0. The smallest absolute Gasteiger partial charge is 1.00 e. The Kier molecular flexibility index (Phi) is 14.5. The van der Waals surface area contributed by atoms with E-state index < -0.39 is 0 Å². The summed E-state index contributed by atoms with van der Waals surface area (Å²) in [7, 11) is 0. The summed E-state index contributed by atoms with van der Waals surface area (Å²) >= 11 is 0. The minimum atomic E-state index is -0.339. The van der Waals surface area contributed by atoms with Gasteiger partial charge in [-0.05, 0) is 37.5 Å². The van der Waals surface area contributed by atoms with E-state index in [2.05, 4.69) is 113 Å². The van der Waals surface area contributed by atoms with E-state index >= 15 is 0 Å². The number of hydrogen-bond acceptors (Lipinski definition) is 0. The number of unbranched alkanes of at least 4 members (excludes halogenated alkanes) is 1. The Hall–Kier alpha value is -1.28. The second kappa shape index (κ2) is 15.1. The van der Waals surface area contributed by atoms with Crippen LogP contribution in [0.15, 0.2) is 90.0 Å². The van der Waals surface area contributed by atoms with Crippen molar-refractivity contribution in [2.24, 2.45) is 0 Å². The fourth-order valence-corrected chi connectivity index (χ4v) is 4.96. The molecule has 0 atom stereocenters. The molecular weight excluding hydrogens is 527 g/mol. The van der Waals surface area contributed by atoms with Crippen LogP contribution in [0.3, 0.4) is 0 Å². The van der Waals surface area contributed by atoms with Crippen molar-refractivity contribution in [1.82, 2.24) is 0 Å². The van der Waals surface area contributed by atoms with Crippen LogP contribution < -0.4 is 37.2 Å². The van der Waals surface area contributed by atoms with Crippen LogP contribution in [-0.2, 0) is 27.1 Å². The average Bonchev–Trinajstić information content (AvgIpc) is 3.22. The predicted molar refractivity (Wildman–Crippen MR) is 132 cm³/mol. The van der Waals surface area contributed by atoms with E-state index in [1.165, 1.54) is 57.4 Å². The van der Waals surface area contributed by atoms with Crippen LogP contribution in [0.2, 0.25) is 0 Å². The third-order valence-electron chi connectivity index (χ3n) is 6.47. The molecule has 0 aromatic heterocycles. The molecule has 0 heterocycles. The van der Waals surface area contributed by atoms with Crippen molar-refractivity contribution in [2.45, 2.75) is 58.8 Å². The van der Waals surface area contributed by atoms with Crippen molar-refractivity contribution in [3.05, 3.63) is 129 Å². The van der Waals surface area contributed by atoms with Gasteiger partial charge in [0.15, 0.2) is 0 Å². The molecule has 0 fully saturated rings. The van der Waals surface area contributed by atoms with Gasteiger partial charge >= 0.3 is 21.7 Å². The molecule has 0 unspecified atom stereocenters. The van der Waals surface area contributed by atoms with Crippen LogP contribution in [0.5, 0.6) is 0 Å². The van der Waals surface area contributed by atoms with Gasteiger partial charge in [-0.3, -0.25) is 0 Å². The topological polar surface area (TPSA) is 0 Å². The Bertz CT molecular complexity index is 1040. The van der Waals surface area contributed by atoms with Crippen molar-refractivity contribution in [3.63, 3.8) is 0 Å². The van der Waals surface area contributed by atoms with Gasteiger partial charge in [-0.25, -0.2) is 17.7 Å². The van der Waals surface area contributed by atoms with Gasteiger partial charge in [0.05, 0.1) is 0 Å². The van der Waals surface area contributed by atoms with Gasteiger partial charge in [-0.1, -0.05) is 122 Å². The Morgan fingerprint density at radius 1 is 0.714 bits per heavy atom. The largest absolute Gasteiger partial charge is 4.00 e. The Morgan fingerprint density at radius 3 is 1.51 bits per heavy atom. The molecule has 0 radical (unpaired) electrons. The Balaban J connectivity index is 0.00000289. The summed E-state index contributed by atoms with van der Waals surface area (Å²) in [5.74, 6) is 0. The van der Waals surface area contributed by atoms with Gasteiger partial charge in [0, 0.05) is 5.41 Å². The first-order valence-corrected chi connectivity index (χ1v) is 11.6. The van der Waals surface area contributed by atoms with Crippen molar-refractivity contribution in [3.8, 4) is 0 Å². The molecule has 35 heavy (non-hydrogen) atoms.